The van der Waals surface area contributed by atoms with E-state index in [9.17, 15) is 13.6 Å². The minimum atomic E-state index is -0.977. The second-order valence-corrected chi connectivity index (χ2v) is 10.7. The van der Waals surface area contributed by atoms with Gasteiger partial charge >= 0.3 is 0 Å². The molecule has 0 bridgehead atoms. The number of anilines is 2. The van der Waals surface area contributed by atoms with Crippen molar-refractivity contribution in [3.05, 3.63) is 113 Å². The highest BCUT2D eigenvalue weighted by molar-refractivity contribution is 7.15. The van der Waals surface area contributed by atoms with Crippen LogP contribution in [0, 0.1) is 11.6 Å². The molecule has 4 N–H and O–H groups in total. The van der Waals surface area contributed by atoms with Crippen molar-refractivity contribution in [2.45, 2.75) is 19.5 Å². The second kappa shape index (κ2) is 11.3. The number of pyridine rings is 1. The Hall–Kier alpha value is -5.23. The molecule has 6 rings (SSSR count). The summed E-state index contributed by atoms with van der Waals surface area (Å²) in [7, 11) is 0. The van der Waals surface area contributed by atoms with Crippen LogP contribution in [0.4, 0.5) is 20.4 Å². The minimum absolute atomic E-state index is 0.275. The molecule has 12 heteroatoms. The molecular formula is C30H24F2N8OS. The molecule has 6 aromatic rings. The van der Waals surface area contributed by atoms with Crippen LogP contribution in [0.3, 0.4) is 0 Å². The first kappa shape index (κ1) is 27.0. The summed E-state index contributed by atoms with van der Waals surface area (Å²) in [5, 5.41) is 11.5. The van der Waals surface area contributed by atoms with Crippen LogP contribution in [0.5, 0.6) is 0 Å². The second-order valence-electron chi connectivity index (χ2n) is 9.50. The maximum Gasteiger partial charge on any atom is 0.257 e. The van der Waals surface area contributed by atoms with Gasteiger partial charge in [-0.3, -0.25) is 4.79 Å². The number of halogens is 2. The number of thiophene rings is 1. The summed E-state index contributed by atoms with van der Waals surface area (Å²) in [6.45, 7) is 2.10. The number of carbonyl (C=O) groups excluding carboxylic acids is 1. The Balaban J connectivity index is 1.23. The Labute approximate surface area is 243 Å². The van der Waals surface area contributed by atoms with Gasteiger partial charge in [-0.05, 0) is 66.6 Å². The maximum absolute atomic E-state index is 13.8. The quantitative estimate of drug-likeness (QED) is 0.204. The number of nitrogens with two attached hydrogens (primary N) is 1. The fourth-order valence-electron chi connectivity index (χ4n) is 4.45. The smallest absolute Gasteiger partial charge is 0.257 e. The Morgan fingerprint density at radius 1 is 1.02 bits per heavy atom. The summed E-state index contributed by atoms with van der Waals surface area (Å²) in [6.07, 6.45) is 4.66. The van der Waals surface area contributed by atoms with Crippen molar-refractivity contribution < 1.29 is 13.6 Å². The minimum Gasteiger partial charge on any atom is -0.383 e. The van der Waals surface area contributed by atoms with Crippen molar-refractivity contribution in [2.75, 3.05) is 11.1 Å². The van der Waals surface area contributed by atoms with Crippen LogP contribution in [0.25, 0.3) is 27.2 Å². The van der Waals surface area contributed by atoms with Crippen molar-refractivity contribution in [2.24, 2.45) is 0 Å². The van der Waals surface area contributed by atoms with Gasteiger partial charge in [-0.2, -0.15) is 0 Å². The number of nitrogens with zero attached hydrogens (tertiary/aromatic N) is 5. The summed E-state index contributed by atoms with van der Waals surface area (Å²) in [4.78, 5) is 28.1. The Morgan fingerprint density at radius 2 is 1.90 bits per heavy atom. The average molecular weight is 583 g/mol. The standard InChI is InChI=1S/C30H24F2N8OS/c1-17(18-5-8-23(31)24(32)13-18)38-30(41)22-15-40(27-4-2-3-11-34-27)39-29(22)35-14-20-7-10-26(42-20)19-6-9-25-21(12-19)28(33)37-16-36-25/h2-13,15-17H,14H2,1H3,(H,35,39)(H,38,41)(H2,33,36,37)/t17-/m0/s1. The third-order valence-corrected chi connectivity index (χ3v) is 7.81. The first-order valence-electron chi connectivity index (χ1n) is 13.0. The molecule has 0 aliphatic rings. The van der Waals surface area contributed by atoms with Gasteiger partial charge in [0.1, 0.15) is 17.7 Å². The number of fused-ring (bicyclic) bond motifs is 1. The van der Waals surface area contributed by atoms with Gasteiger partial charge in [0.15, 0.2) is 23.3 Å². The molecule has 1 atom stereocenters. The van der Waals surface area contributed by atoms with Crippen LogP contribution in [0.2, 0.25) is 0 Å². The van der Waals surface area contributed by atoms with Crippen LogP contribution >= 0.6 is 11.3 Å². The van der Waals surface area contributed by atoms with E-state index in [0.717, 1.165) is 38.4 Å². The lowest BCUT2D eigenvalue weighted by Crippen LogP contribution is -2.27. The van der Waals surface area contributed by atoms with Crippen molar-refractivity contribution >= 4 is 39.8 Å². The number of benzene rings is 2. The average Bonchev–Trinajstić information content (AvgIpc) is 3.66. The highest BCUT2D eigenvalue weighted by Gasteiger charge is 2.21. The molecule has 0 aliphatic carbocycles. The predicted molar refractivity (Wildman–Crippen MR) is 158 cm³/mol. The highest BCUT2D eigenvalue weighted by atomic mass is 32.1. The Morgan fingerprint density at radius 3 is 2.71 bits per heavy atom. The molecule has 0 unspecified atom stereocenters. The summed E-state index contributed by atoms with van der Waals surface area (Å²) < 4.78 is 28.7. The number of carbonyl (C=O) groups is 1. The zero-order valence-corrected chi connectivity index (χ0v) is 23.1. The molecule has 2 aromatic carbocycles. The zero-order chi connectivity index (χ0) is 29.2. The van der Waals surface area contributed by atoms with Gasteiger partial charge in [-0.25, -0.2) is 28.4 Å². The number of aromatic nitrogens is 5. The molecule has 42 heavy (non-hydrogen) atoms. The van der Waals surface area contributed by atoms with Gasteiger partial charge in [-0.15, -0.1) is 16.4 Å². The summed E-state index contributed by atoms with van der Waals surface area (Å²) >= 11 is 1.59. The van der Waals surface area contributed by atoms with E-state index in [2.05, 4.69) is 30.7 Å². The molecule has 9 nitrogen and oxygen atoms in total. The fraction of sp³-hybridized carbons (Fsp3) is 0.100. The van der Waals surface area contributed by atoms with Gasteiger partial charge in [0, 0.05) is 27.5 Å². The fourth-order valence-corrected chi connectivity index (χ4v) is 5.39. The Bertz CT molecular complexity index is 1910. The molecule has 4 heterocycles. The van der Waals surface area contributed by atoms with Gasteiger partial charge in [0.05, 0.1) is 18.1 Å². The summed E-state index contributed by atoms with van der Waals surface area (Å²) in [5.41, 5.74) is 8.52. The number of nitrogens with one attached hydrogen (secondary N) is 2. The Kier molecular flexibility index (Phi) is 7.28. The van der Waals surface area contributed by atoms with E-state index in [0.29, 0.717) is 29.6 Å². The molecule has 0 saturated carbocycles. The molecule has 0 spiro atoms. The van der Waals surface area contributed by atoms with Crippen molar-refractivity contribution in [1.82, 2.24) is 30.0 Å². The molecule has 0 fully saturated rings. The SMILES string of the molecule is C[C@H](NC(=O)c1cn(-c2ccccn2)nc1NCc1ccc(-c2ccc3ncnc(N)c3c2)s1)c1ccc(F)c(F)c1. The normalized spacial score (nSPS) is 11.9. The van der Waals surface area contributed by atoms with E-state index in [1.165, 1.54) is 17.1 Å². The van der Waals surface area contributed by atoms with Crippen LogP contribution in [-0.2, 0) is 6.54 Å². The van der Waals surface area contributed by atoms with E-state index in [1.54, 1.807) is 42.8 Å². The lowest BCUT2D eigenvalue weighted by Gasteiger charge is -2.14. The molecule has 4 aromatic heterocycles. The van der Waals surface area contributed by atoms with E-state index in [-0.39, 0.29) is 5.56 Å². The third-order valence-electron chi connectivity index (χ3n) is 6.68. The maximum atomic E-state index is 13.8. The van der Waals surface area contributed by atoms with Crippen molar-refractivity contribution in [3.8, 4) is 16.3 Å². The highest BCUT2D eigenvalue weighted by Crippen LogP contribution is 2.32. The van der Waals surface area contributed by atoms with Gasteiger partial charge in [-0.1, -0.05) is 18.2 Å². The summed E-state index contributed by atoms with van der Waals surface area (Å²) in [6, 6.07) is 18.2. The molecule has 0 aliphatic heterocycles. The molecule has 0 saturated heterocycles. The molecule has 0 radical (unpaired) electrons. The van der Waals surface area contributed by atoms with Crippen molar-refractivity contribution in [1.29, 1.82) is 0 Å². The zero-order valence-electron chi connectivity index (χ0n) is 22.3. The van der Waals surface area contributed by atoms with Crippen molar-refractivity contribution in [3.63, 3.8) is 0 Å². The molecular weight excluding hydrogens is 558 g/mol. The van der Waals surface area contributed by atoms with Crippen LogP contribution < -0.4 is 16.4 Å². The first-order chi connectivity index (χ1) is 20.4. The lowest BCUT2D eigenvalue weighted by molar-refractivity contribution is 0.0940. The van der Waals surface area contributed by atoms with Gasteiger partial charge in [0.2, 0.25) is 0 Å². The number of rotatable bonds is 8. The van der Waals surface area contributed by atoms with E-state index < -0.39 is 23.6 Å². The third kappa shape index (κ3) is 5.52. The summed E-state index contributed by atoms with van der Waals surface area (Å²) in [5.74, 6) is -1.05. The first-order valence-corrected chi connectivity index (χ1v) is 13.8. The van der Waals surface area contributed by atoms with E-state index in [4.69, 9.17) is 5.73 Å². The van der Waals surface area contributed by atoms with Gasteiger partial charge < -0.3 is 16.4 Å². The number of amides is 1. The van der Waals surface area contributed by atoms with Crippen LogP contribution in [0.1, 0.15) is 33.8 Å². The van der Waals surface area contributed by atoms with Crippen LogP contribution in [-0.4, -0.2) is 30.6 Å². The lowest BCUT2D eigenvalue weighted by atomic mass is 10.1. The largest absolute Gasteiger partial charge is 0.383 e. The predicted octanol–water partition coefficient (Wildman–Crippen LogP) is 5.90. The number of hydrogen-bond acceptors (Lipinski definition) is 8. The van der Waals surface area contributed by atoms with E-state index in [1.807, 2.05) is 36.4 Å². The molecule has 210 valence electrons. The van der Waals surface area contributed by atoms with Gasteiger partial charge in [0.25, 0.3) is 5.91 Å². The van der Waals surface area contributed by atoms with E-state index >= 15 is 0 Å². The monoisotopic (exact) mass is 582 g/mol. The number of nitrogen functional groups attached to an aromatic ring is 1. The van der Waals surface area contributed by atoms with Crippen LogP contribution in [0.15, 0.2) is 85.5 Å². The topological polar surface area (TPSA) is 124 Å². The molecule has 1 amide bonds. The number of hydrogen-bond donors (Lipinski definition) is 3.